The van der Waals surface area contributed by atoms with Crippen LogP contribution in [0.3, 0.4) is 0 Å². The van der Waals surface area contributed by atoms with E-state index in [1.54, 1.807) is 6.20 Å². The van der Waals surface area contributed by atoms with Crippen LogP contribution in [0.25, 0.3) is 0 Å². The molecular formula is C6H8N2V. The van der Waals surface area contributed by atoms with Gasteiger partial charge in [-0.1, -0.05) is 0 Å². The monoisotopic (exact) mass is 161 g/mol. The van der Waals surface area contributed by atoms with E-state index in [2.05, 4.69) is 22.0 Å². The van der Waals surface area contributed by atoms with Gasteiger partial charge < -0.3 is 0 Å². The molecule has 0 radical (unpaired) electrons. The SMILES string of the molecule is [3H]c1cn(C)[c](=[V])nc1C. The molecular weight excluding hydrogens is 151 g/mol. The number of hydrogen-bond donors (Lipinski definition) is 0. The first-order valence-corrected chi connectivity index (χ1v) is 3.34. The second-order valence-electron chi connectivity index (χ2n) is 1.88. The van der Waals surface area contributed by atoms with Gasteiger partial charge in [0.1, 0.15) is 0 Å². The molecule has 0 N–H and O–H groups in total. The first kappa shape index (κ1) is 5.45. The number of nitrogens with zero attached hydrogens (tertiary/aromatic N) is 2. The Bertz CT molecular complexity index is 305. The molecule has 0 aliphatic rings. The minimum absolute atomic E-state index is 0.484. The molecule has 0 saturated carbocycles. The molecule has 0 atom stereocenters. The summed E-state index contributed by atoms with van der Waals surface area (Å²) < 4.78 is 10.1. The van der Waals surface area contributed by atoms with Crippen LogP contribution < -0.4 is 0 Å². The van der Waals surface area contributed by atoms with Gasteiger partial charge in [0.05, 0.1) is 0 Å². The summed E-state index contributed by atoms with van der Waals surface area (Å²) in [5.41, 5.74) is 0.772. The zero-order chi connectivity index (χ0) is 7.72. The van der Waals surface area contributed by atoms with E-state index < -0.39 is 0 Å². The van der Waals surface area contributed by atoms with Gasteiger partial charge in [0.2, 0.25) is 0 Å². The van der Waals surface area contributed by atoms with E-state index >= 15 is 0 Å². The maximum atomic E-state index is 7.37. The van der Waals surface area contributed by atoms with Crippen molar-refractivity contribution in [3.63, 3.8) is 0 Å². The summed E-state index contributed by atoms with van der Waals surface area (Å²) in [4.78, 5) is 4.12. The maximum absolute atomic E-state index is 7.37. The molecule has 3 heteroatoms. The summed E-state index contributed by atoms with van der Waals surface area (Å²) in [5, 5.41) is 0. The van der Waals surface area contributed by atoms with Crippen LogP contribution in [0.15, 0.2) is 12.2 Å². The molecule has 1 aromatic rings. The van der Waals surface area contributed by atoms with Crippen molar-refractivity contribution in [1.29, 1.82) is 0 Å². The Morgan fingerprint density at radius 3 is 3.11 bits per heavy atom. The summed E-state index contributed by atoms with van der Waals surface area (Å²) in [6, 6.07) is 0.484. The molecule has 47 valence electrons. The fourth-order valence-corrected chi connectivity index (χ4v) is 0.834. The molecule has 0 amide bonds. The van der Waals surface area contributed by atoms with Crippen molar-refractivity contribution in [2.45, 2.75) is 6.92 Å². The fourth-order valence-electron chi connectivity index (χ4n) is 0.509. The molecule has 0 aromatic carbocycles. The third kappa shape index (κ3) is 1.53. The Kier molecular flexibility index (Phi) is 1.51. The van der Waals surface area contributed by atoms with Gasteiger partial charge in [-0.05, 0) is 0 Å². The van der Waals surface area contributed by atoms with E-state index in [1.807, 2.05) is 18.5 Å². The van der Waals surface area contributed by atoms with Gasteiger partial charge >= 0.3 is 63.9 Å². The van der Waals surface area contributed by atoms with Crippen LogP contribution >= 0.6 is 0 Å². The first-order valence-electron chi connectivity index (χ1n) is 3.14. The molecule has 0 unspecified atom stereocenters. The predicted molar refractivity (Wildman–Crippen MR) is 31.2 cm³/mol. The Hall–Kier alpha value is -0.336. The predicted octanol–water partition coefficient (Wildman–Crippen LogP) is 0.807. The third-order valence-corrected chi connectivity index (χ3v) is 1.70. The molecule has 0 fully saturated rings. The van der Waals surface area contributed by atoms with Crippen LogP contribution in [0.1, 0.15) is 7.06 Å². The van der Waals surface area contributed by atoms with Crippen LogP contribution in [0.4, 0.5) is 0 Å². The van der Waals surface area contributed by atoms with Crippen molar-refractivity contribution < 1.29 is 18.3 Å². The van der Waals surface area contributed by atoms with Crippen LogP contribution in [-0.2, 0) is 24.0 Å². The van der Waals surface area contributed by atoms with Crippen molar-refractivity contribution >= 4 is 0 Å². The van der Waals surface area contributed by atoms with E-state index in [-0.39, 0.29) is 0 Å². The minimum atomic E-state index is 0.484. The van der Waals surface area contributed by atoms with Crippen LogP contribution in [0, 0.1) is 11.1 Å². The average molecular weight is 161 g/mol. The normalized spacial score (nSPS) is 11.0. The topological polar surface area (TPSA) is 17.8 Å². The van der Waals surface area contributed by atoms with Crippen molar-refractivity contribution in [2.24, 2.45) is 7.05 Å². The van der Waals surface area contributed by atoms with Crippen LogP contribution in [0.2, 0.25) is 0 Å². The second kappa shape index (κ2) is 2.50. The third-order valence-electron chi connectivity index (χ3n) is 1.05. The Morgan fingerprint density at radius 2 is 2.56 bits per heavy atom. The number of aryl methyl sites for hydroxylation is 2. The number of aromatic nitrogens is 2. The molecule has 0 bridgehead atoms. The summed E-state index contributed by atoms with van der Waals surface area (Å²) in [6.45, 7) is 1.83. The summed E-state index contributed by atoms with van der Waals surface area (Å²) in [6.07, 6.45) is 1.75. The van der Waals surface area contributed by atoms with E-state index in [9.17, 15) is 0 Å². The van der Waals surface area contributed by atoms with Crippen molar-refractivity contribution in [3.05, 3.63) is 22.1 Å². The van der Waals surface area contributed by atoms with Crippen molar-refractivity contribution in [1.82, 2.24) is 9.55 Å². The van der Waals surface area contributed by atoms with Crippen LogP contribution in [-0.4, -0.2) is 9.55 Å². The van der Waals surface area contributed by atoms with Gasteiger partial charge in [0.15, 0.2) is 0 Å². The first-order chi connectivity index (χ1) is 4.61. The van der Waals surface area contributed by atoms with Crippen molar-refractivity contribution in [3.8, 4) is 0 Å². The van der Waals surface area contributed by atoms with Gasteiger partial charge in [0, 0.05) is 0 Å². The van der Waals surface area contributed by atoms with E-state index in [4.69, 9.17) is 1.37 Å². The molecule has 1 rings (SSSR count). The van der Waals surface area contributed by atoms with E-state index in [0.29, 0.717) is 6.04 Å². The molecule has 0 spiro atoms. The van der Waals surface area contributed by atoms with Gasteiger partial charge in [-0.25, -0.2) is 0 Å². The molecule has 1 aromatic heterocycles. The molecule has 9 heavy (non-hydrogen) atoms. The van der Waals surface area contributed by atoms with Crippen LogP contribution in [0.5, 0.6) is 0 Å². The standard InChI is InChI=1S/C6H8N2.V/c1-6-3-4-8(2)5-7-6;/h3-4H,1-2H3;/i3T;. The quantitative estimate of drug-likeness (QED) is 0.550. The zero-order valence-electron chi connectivity index (χ0n) is 6.42. The van der Waals surface area contributed by atoms with E-state index in [1.165, 1.54) is 0 Å². The fraction of sp³-hybridized carbons (Fsp3) is 0.333. The van der Waals surface area contributed by atoms with Gasteiger partial charge in [-0.3, -0.25) is 0 Å². The summed E-state index contributed by atoms with van der Waals surface area (Å²) in [5.74, 6) is 0. The second-order valence-corrected chi connectivity index (χ2v) is 2.51. The molecule has 1 heterocycles. The molecule has 0 aliphatic heterocycles. The van der Waals surface area contributed by atoms with Gasteiger partial charge in [-0.2, -0.15) is 0 Å². The summed E-state index contributed by atoms with van der Waals surface area (Å²) in [7, 11) is 1.87. The zero-order valence-corrected chi connectivity index (χ0v) is 6.82. The molecule has 0 saturated heterocycles. The Labute approximate surface area is 64.5 Å². The van der Waals surface area contributed by atoms with E-state index in [0.717, 1.165) is 9.83 Å². The average Bonchev–Trinajstić information content (AvgIpc) is 1.84. The number of hydrogen-bond acceptors (Lipinski definition) is 1. The number of rotatable bonds is 0. The Morgan fingerprint density at radius 1 is 1.89 bits per heavy atom. The van der Waals surface area contributed by atoms with Gasteiger partial charge in [-0.15, -0.1) is 0 Å². The summed E-state index contributed by atoms with van der Waals surface area (Å²) >= 11 is 2.36. The molecule has 0 aliphatic carbocycles. The molecule has 2 nitrogen and oxygen atoms in total. The van der Waals surface area contributed by atoms with Crippen molar-refractivity contribution in [2.75, 3.05) is 0 Å². The van der Waals surface area contributed by atoms with Gasteiger partial charge in [0.25, 0.3) is 0 Å². The Balaban J connectivity index is 3.43.